The first-order valence-corrected chi connectivity index (χ1v) is 17.8. The molecule has 10 rings (SSSR count). The van der Waals surface area contributed by atoms with Gasteiger partial charge in [-0.2, -0.15) is 0 Å². The lowest BCUT2D eigenvalue weighted by atomic mass is 9.83. The number of likely N-dealkylation sites (tertiary alicyclic amines) is 1. The molecule has 312 valence electrons. The Bertz CT molecular complexity index is 2610. The minimum absolute atomic E-state index is 0. The Labute approximate surface area is 342 Å². The van der Waals surface area contributed by atoms with Crippen LogP contribution in [0.5, 0.6) is 11.8 Å². The molecular formula is C35H34Cl2F2N10O10. The molecule has 0 saturated carbocycles. The maximum atomic E-state index is 13.7. The highest BCUT2D eigenvalue weighted by molar-refractivity contribution is 5.85. The van der Waals surface area contributed by atoms with E-state index in [4.69, 9.17) is 32.5 Å². The third-order valence-electron chi connectivity index (χ3n) is 9.79. The van der Waals surface area contributed by atoms with Gasteiger partial charge in [-0.25, -0.2) is 41.6 Å². The lowest BCUT2D eigenvalue weighted by Gasteiger charge is -2.38. The average molecular weight is 864 g/mol. The first-order valence-electron chi connectivity index (χ1n) is 17.8. The summed E-state index contributed by atoms with van der Waals surface area (Å²) in [5, 5.41) is 25.8. The second kappa shape index (κ2) is 15.9. The molecule has 0 bridgehead atoms. The van der Waals surface area contributed by atoms with Gasteiger partial charge in [-0.15, -0.1) is 24.8 Å². The molecule has 20 nitrogen and oxygen atoms in total. The Morgan fingerprint density at radius 2 is 1.20 bits per heavy atom. The molecule has 0 radical (unpaired) electrons. The Morgan fingerprint density at radius 1 is 0.729 bits per heavy atom. The van der Waals surface area contributed by atoms with Crippen LogP contribution in [-0.4, -0.2) is 95.1 Å². The van der Waals surface area contributed by atoms with Crippen molar-refractivity contribution in [1.29, 1.82) is 0 Å². The molecule has 2 fully saturated rings. The third kappa shape index (κ3) is 7.77. The molecular weight excluding hydrogens is 829 g/mol. The van der Waals surface area contributed by atoms with Crippen molar-refractivity contribution in [3.63, 3.8) is 0 Å². The molecule has 2 aliphatic heterocycles. The van der Waals surface area contributed by atoms with E-state index in [0.717, 1.165) is 11.1 Å². The topological polar surface area (TPSA) is 234 Å². The van der Waals surface area contributed by atoms with Crippen LogP contribution in [-0.2, 0) is 17.6 Å². The minimum atomic E-state index is -0.714. The third-order valence-corrected chi connectivity index (χ3v) is 9.79. The fraction of sp³-hybridized carbons (Fsp3) is 0.400. The summed E-state index contributed by atoms with van der Waals surface area (Å²) in [6, 6.07) is 8.11. The molecule has 6 heterocycles. The first-order chi connectivity index (χ1) is 27.4. The van der Waals surface area contributed by atoms with Gasteiger partial charge in [0.1, 0.15) is 29.4 Å². The molecule has 24 heteroatoms. The van der Waals surface area contributed by atoms with Crippen molar-refractivity contribution in [2.24, 2.45) is 0 Å². The Balaban J connectivity index is 0.000000178. The summed E-state index contributed by atoms with van der Waals surface area (Å²) >= 11 is 0. The molecule has 59 heavy (non-hydrogen) atoms. The summed E-state index contributed by atoms with van der Waals surface area (Å²) in [4.78, 5) is 38.1. The number of aromatic nitrogens is 8. The second-order valence-electron chi connectivity index (χ2n) is 14.8. The van der Waals surface area contributed by atoms with E-state index in [0.29, 0.717) is 50.1 Å². The zero-order valence-electron chi connectivity index (χ0n) is 31.2. The van der Waals surface area contributed by atoms with Crippen LogP contribution in [0.2, 0.25) is 0 Å². The van der Waals surface area contributed by atoms with Gasteiger partial charge >= 0.3 is 17.6 Å². The van der Waals surface area contributed by atoms with Crippen molar-refractivity contribution >= 4 is 30.9 Å². The van der Waals surface area contributed by atoms with Gasteiger partial charge in [-0.3, -0.25) is 9.05 Å². The molecule has 2 saturated heterocycles. The normalized spacial score (nSPS) is 17.9. The van der Waals surface area contributed by atoms with Crippen molar-refractivity contribution in [2.75, 3.05) is 26.2 Å². The molecule has 1 N–H and O–H groups in total. The summed E-state index contributed by atoms with van der Waals surface area (Å²) in [5.74, 6) is -1.76. The SMILES string of the molecule is CC(C)(C)OC(=O)N1CC(Oc2nonc2-c2noc(=O)n2C2Cc3ccc(F)cc32)C1.Cl.Cl.O=c1onc(-c2nonc2OC2CNC2)n1C1Cc2ccc(F)cc21. The number of hydrogen-bond donors (Lipinski definition) is 1. The van der Waals surface area contributed by atoms with Gasteiger partial charge in [-0.1, -0.05) is 22.4 Å². The maximum absolute atomic E-state index is 13.7. The van der Waals surface area contributed by atoms with Gasteiger partial charge in [-0.05, 0) is 101 Å². The summed E-state index contributed by atoms with van der Waals surface area (Å²) in [6.45, 7) is 7.33. The number of halogens is 4. The average Bonchev–Trinajstić information content (AvgIpc) is 3.91. The number of carbonyl (C=O) groups excluding carboxylic acids is 1. The van der Waals surface area contributed by atoms with E-state index in [1.807, 2.05) is 0 Å². The largest absolute Gasteiger partial charge is 0.468 e. The van der Waals surface area contributed by atoms with Gasteiger partial charge in [0.15, 0.2) is 0 Å². The van der Waals surface area contributed by atoms with Gasteiger partial charge < -0.3 is 24.4 Å². The van der Waals surface area contributed by atoms with Gasteiger partial charge in [0.05, 0.1) is 25.2 Å². The number of carbonyl (C=O) groups is 1. The van der Waals surface area contributed by atoms with Crippen LogP contribution in [0.15, 0.2) is 64.3 Å². The van der Waals surface area contributed by atoms with E-state index in [-0.39, 0.29) is 83.7 Å². The van der Waals surface area contributed by atoms with Crippen LogP contribution in [0.1, 0.15) is 55.1 Å². The second-order valence-corrected chi connectivity index (χ2v) is 14.8. The van der Waals surface area contributed by atoms with E-state index in [1.54, 1.807) is 32.9 Å². The van der Waals surface area contributed by atoms with Crippen molar-refractivity contribution in [2.45, 2.75) is 63.5 Å². The van der Waals surface area contributed by atoms with E-state index in [1.165, 1.54) is 38.3 Å². The molecule has 6 aromatic rings. The molecule has 4 aliphatic rings. The summed E-state index contributed by atoms with van der Waals surface area (Å²) in [7, 11) is 0. The smallest absolute Gasteiger partial charge is 0.442 e. The van der Waals surface area contributed by atoms with Crippen molar-refractivity contribution in [1.82, 2.24) is 50.3 Å². The number of hydrogen-bond acceptors (Lipinski definition) is 17. The standard InChI is InChI=1S/C20H20FN5O6.C15H12FN5O4.2ClH/c1-20(2,3)30-18(27)25-8-12(9-25)29-17-15(22-32-24-17)16-23-31-19(28)26(16)14-6-10-4-5-11(21)7-13(10)14;16-8-2-1-7-3-11(10(7)4-8)21-13(19-24-15(21)22)12-14(20-25-18-12)23-9-5-17-6-9;;/h4-5,7,12,14H,6,8-9H2,1-3H3;1-2,4,9,11,17H,3,5-6H2;2*1H. The fourth-order valence-corrected chi connectivity index (χ4v) is 6.77. The number of ether oxygens (including phenoxy) is 3. The number of nitrogens with one attached hydrogen (secondary N) is 1. The molecule has 0 spiro atoms. The predicted molar refractivity (Wildman–Crippen MR) is 199 cm³/mol. The van der Waals surface area contributed by atoms with Gasteiger partial charge in [0.25, 0.3) is 11.8 Å². The lowest BCUT2D eigenvalue weighted by molar-refractivity contribution is -0.0238. The van der Waals surface area contributed by atoms with Crippen molar-refractivity contribution in [3.05, 3.63) is 91.4 Å². The fourth-order valence-electron chi connectivity index (χ4n) is 6.77. The highest BCUT2D eigenvalue weighted by Crippen LogP contribution is 2.40. The Hall–Kier alpha value is -6.13. The van der Waals surface area contributed by atoms with Crippen LogP contribution >= 0.6 is 24.8 Å². The number of rotatable bonds is 8. The molecule has 2 aliphatic carbocycles. The molecule has 2 atom stereocenters. The molecule has 1 amide bonds. The highest BCUT2D eigenvalue weighted by Gasteiger charge is 2.39. The first kappa shape index (κ1) is 41.0. The Kier molecular flexibility index (Phi) is 11.1. The van der Waals surface area contributed by atoms with E-state index in [9.17, 15) is 23.2 Å². The quantitative estimate of drug-likeness (QED) is 0.230. The van der Waals surface area contributed by atoms with E-state index < -0.39 is 35.1 Å². The van der Waals surface area contributed by atoms with Crippen LogP contribution < -0.4 is 26.3 Å². The molecule has 2 aromatic carbocycles. The number of benzene rings is 2. The van der Waals surface area contributed by atoms with E-state index >= 15 is 0 Å². The summed E-state index contributed by atoms with van der Waals surface area (Å²) < 4.78 is 65.8. The monoisotopic (exact) mass is 862 g/mol. The van der Waals surface area contributed by atoms with Crippen molar-refractivity contribution < 1.29 is 46.1 Å². The van der Waals surface area contributed by atoms with Crippen LogP contribution in [0.4, 0.5) is 13.6 Å². The lowest BCUT2D eigenvalue weighted by Crippen LogP contribution is -2.57. The number of fused-ring (bicyclic) bond motifs is 2. The summed E-state index contributed by atoms with van der Waals surface area (Å²) in [5.41, 5.74) is 2.96. The van der Waals surface area contributed by atoms with Crippen LogP contribution in [0.3, 0.4) is 0 Å². The minimum Gasteiger partial charge on any atom is -0.468 e. The van der Waals surface area contributed by atoms with Crippen molar-refractivity contribution in [3.8, 4) is 34.8 Å². The van der Waals surface area contributed by atoms with Gasteiger partial charge in [0, 0.05) is 13.1 Å². The zero-order valence-corrected chi connectivity index (χ0v) is 32.8. The highest BCUT2D eigenvalue weighted by atomic mass is 35.5. The van der Waals surface area contributed by atoms with Gasteiger partial charge in [0.2, 0.25) is 23.0 Å². The maximum Gasteiger partial charge on any atom is 0.442 e. The van der Waals surface area contributed by atoms with E-state index in [2.05, 4.69) is 36.3 Å². The molecule has 4 aromatic heterocycles. The van der Waals surface area contributed by atoms with Crippen LogP contribution in [0, 0.1) is 11.6 Å². The number of nitrogens with zero attached hydrogens (tertiary/aromatic N) is 9. The Morgan fingerprint density at radius 3 is 1.64 bits per heavy atom. The zero-order chi connectivity index (χ0) is 39.6. The summed E-state index contributed by atoms with van der Waals surface area (Å²) in [6.07, 6.45) is 0.239. The number of amides is 1. The predicted octanol–water partition coefficient (Wildman–Crippen LogP) is 3.53. The van der Waals surface area contributed by atoms with Crippen LogP contribution in [0.25, 0.3) is 23.0 Å². The molecule has 2 unspecified atom stereocenters.